The first-order valence-electron chi connectivity index (χ1n) is 10.1. The SMILES string of the molecule is C[C@@H](N=C1C[C@H](c2ccccc2)N(c2ccc(OC(F)F)cc2)C1=O)c1ccccc1. The smallest absolute Gasteiger partial charge is 0.387 e. The molecule has 1 heterocycles. The molecule has 0 spiro atoms. The standard InChI is InChI=1S/C25H22F2N2O2/c1-17(18-8-4-2-5-9-18)28-22-16-23(19-10-6-3-7-11-19)29(24(22)30)20-12-14-21(15-13-20)31-25(26)27/h2-15,17,23,25H,16H2,1H3/t17-,23-/m1/s1. The summed E-state index contributed by atoms with van der Waals surface area (Å²) in [5, 5.41) is 0. The molecule has 0 unspecified atom stereocenters. The number of carbonyl (C=O) groups excluding carboxylic acids is 1. The third kappa shape index (κ3) is 4.63. The second kappa shape index (κ2) is 9.08. The molecular weight excluding hydrogens is 398 g/mol. The molecule has 1 aliphatic heterocycles. The lowest BCUT2D eigenvalue weighted by atomic mass is 10.0. The van der Waals surface area contributed by atoms with Gasteiger partial charge in [-0.1, -0.05) is 60.7 Å². The van der Waals surface area contributed by atoms with Crippen LogP contribution in [-0.4, -0.2) is 18.2 Å². The number of hydrogen-bond acceptors (Lipinski definition) is 3. The first-order chi connectivity index (χ1) is 15.0. The Morgan fingerprint density at radius 1 is 0.935 bits per heavy atom. The molecule has 0 aliphatic carbocycles. The Labute approximate surface area is 179 Å². The van der Waals surface area contributed by atoms with Gasteiger partial charge in [-0.25, -0.2) is 0 Å². The third-order valence-corrected chi connectivity index (χ3v) is 5.32. The van der Waals surface area contributed by atoms with Gasteiger partial charge in [0.1, 0.15) is 11.5 Å². The second-order valence-electron chi connectivity index (χ2n) is 7.34. The van der Waals surface area contributed by atoms with E-state index in [4.69, 9.17) is 4.99 Å². The van der Waals surface area contributed by atoms with E-state index >= 15 is 0 Å². The molecule has 0 N–H and O–H groups in total. The quantitative estimate of drug-likeness (QED) is 0.493. The van der Waals surface area contributed by atoms with E-state index in [0.717, 1.165) is 11.1 Å². The van der Waals surface area contributed by atoms with Crippen LogP contribution in [0.4, 0.5) is 14.5 Å². The highest BCUT2D eigenvalue weighted by Crippen LogP contribution is 2.37. The molecule has 4 nitrogen and oxygen atoms in total. The maximum absolute atomic E-state index is 13.4. The fourth-order valence-corrected chi connectivity index (χ4v) is 3.82. The van der Waals surface area contributed by atoms with E-state index in [2.05, 4.69) is 4.74 Å². The Morgan fingerprint density at radius 3 is 2.16 bits per heavy atom. The molecule has 3 aromatic carbocycles. The fraction of sp³-hybridized carbons (Fsp3) is 0.200. The van der Waals surface area contributed by atoms with E-state index in [9.17, 15) is 13.6 Å². The Bertz CT molecular complexity index is 1050. The maximum atomic E-state index is 13.4. The van der Waals surface area contributed by atoms with Crippen LogP contribution >= 0.6 is 0 Å². The van der Waals surface area contributed by atoms with Crippen LogP contribution < -0.4 is 9.64 Å². The van der Waals surface area contributed by atoms with Crippen molar-refractivity contribution >= 4 is 17.3 Å². The molecule has 1 amide bonds. The number of benzene rings is 3. The van der Waals surface area contributed by atoms with E-state index in [1.165, 1.54) is 12.1 Å². The van der Waals surface area contributed by atoms with E-state index in [0.29, 0.717) is 17.8 Å². The van der Waals surface area contributed by atoms with Crippen LogP contribution in [0.5, 0.6) is 5.75 Å². The predicted molar refractivity (Wildman–Crippen MR) is 117 cm³/mol. The summed E-state index contributed by atoms with van der Waals surface area (Å²) in [7, 11) is 0. The first-order valence-corrected chi connectivity index (χ1v) is 10.1. The molecule has 4 rings (SSSR count). The number of ether oxygens (including phenoxy) is 1. The summed E-state index contributed by atoms with van der Waals surface area (Å²) in [4.78, 5) is 19.8. The molecule has 2 atom stereocenters. The molecule has 0 aromatic heterocycles. The number of alkyl halides is 2. The van der Waals surface area contributed by atoms with Crippen molar-refractivity contribution in [3.05, 3.63) is 96.1 Å². The molecule has 3 aromatic rings. The van der Waals surface area contributed by atoms with Gasteiger partial charge in [0.2, 0.25) is 0 Å². The number of nitrogens with zero attached hydrogens (tertiary/aromatic N) is 2. The van der Waals surface area contributed by atoms with Gasteiger partial charge in [-0.15, -0.1) is 0 Å². The molecule has 0 bridgehead atoms. The van der Waals surface area contributed by atoms with Gasteiger partial charge in [-0.2, -0.15) is 8.78 Å². The number of carbonyl (C=O) groups is 1. The molecule has 1 aliphatic rings. The van der Waals surface area contributed by atoms with Crippen LogP contribution in [0.15, 0.2) is 89.9 Å². The summed E-state index contributed by atoms with van der Waals surface area (Å²) in [6.45, 7) is -0.929. The van der Waals surface area contributed by atoms with E-state index in [1.54, 1.807) is 17.0 Å². The normalized spacial score (nSPS) is 18.6. The Kier molecular flexibility index (Phi) is 6.07. The van der Waals surface area contributed by atoms with Crippen molar-refractivity contribution in [1.29, 1.82) is 0 Å². The zero-order chi connectivity index (χ0) is 21.8. The number of hydrogen-bond donors (Lipinski definition) is 0. The highest BCUT2D eigenvalue weighted by Gasteiger charge is 2.38. The van der Waals surface area contributed by atoms with Gasteiger partial charge in [0.05, 0.1) is 12.1 Å². The number of aliphatic imine (C=N–C) groups is 1. The lowest BCUT2D eigenvalue weighted by molar-refractivity contribution is -0.112. The predicted octanol–water partition coefficient (Wildman–Crippen LogP) is 5.97. The van der Waals surface area contributed by atoms with Crippen molar-refractivity contribution in [2.24, 2.45) is 4.99 Å². The van der Waals surface area contributed by atoms with E-state index in [1.807, 2.05) is 67.6 Å². The monoisotopic (exact) mass is 420 g/mol. The lowest BCUT2D eigenvalue weighted by Crippen LogP contribution is -2.29. The van der Waals surface area contributed by atoms with Gasteiger partial charge < -0.3 is 4.74 Å². The molecule has 31 heavy (non-hydrogen) atoms. The van der Waals surface area contributed by atoms with Crippen molar-refractivity contribution < 1.29 is 18.3 Å². The van der Waals surface area contributed by atoms with Crippen molar-refractivity contribution in [2.45, 2.75) is 32.0 Å². The van der Waals surface area contributed by atoms with Crippen LogP contribution in [0.1, 0.15) is 36.6 Å². The molecular formula is C25H22F2N2O2. The van der Waals surface area contributed by atoms with Crippen molar-refractivity contribution in [3.8, 4) is 5.75 Å². The van der Waals surface area contributed by atoms with Crippen molar-refractivity contribution in [3.63, 3.8) is 0 Å². The number of halogens is 2. The highest BCUT2D eigenvalue weighted by molar-refractivity contribution is 6.46. The van der Waals surface area contributed by atoms with Gasteiger partial charge in [0.15, 0.2) is 0 Å². The molecule has 1 saturated heterocycles. The fourth-order valence-electron chi connectivity index (χ4n) is 3.82. The largest absolute Gasteiger partial charge is 0.435 e. The van der Waals surface area contributed by atoms with Crippen LogP contribution in [0, 0.1) is 0 Å². The minimum absolute atomic E-state index is 0.0493. The molecule has 1 fully saturated rings. The van der Waals surface area contributed by atoms with Crippen LogP contribution in [0.3, 0.4) is 0 Å². The lowest BCUT2D eigenvalue weighted by Gasteiger charge is -2.24. The van der Waals surface area contributed by atoms with Gasteiger partial charge in [-0.3, -0.25) is 14.7 Å². The van der Waals surface area contributed by atoms with Gasteiger partial charge in [-0.05, 0) is 42.3 Å². The summed E-state index contributed by atoms with van der Waals surface area (Å²) >= 11 is 0. The number of rotatable bonds is 6. The van der Waals surface area contributed by atoms with Crippen LogP contribution in [-0.2, 0) is 4.79 Å². The topological polar surface area (TPSA) is 41.9 Å². The second-order valence-corrected chi connectivity index (χ2v) is 7.34. The zero-order valence-electron chi connectivity index (χ0n) is 17.0. The van der Waals surface area contributed by atoms with E-state index in [-0.39, 0.29) is 23.7 Å². The minimum atomic E-state index is -2.89. The van der Waals surface area contributed by atoms with Crippen molar-refractivity contribution in [1.82, 2.24) is 0 Å². The number of amides is 1. The van der Waals surface area contributed by atoms with Gasteiger partial charge in [0.25, 0.3) is 5.91 Å². The Morgan fingerprint density at radius 2 is 1.55 bits per heavy atom. The highest BCUT2D eigenvalue weighted by atomic mass is 19.3. The summed E-state index contributed by atoms with van der Waals surface area (Å²) < 4.78 is 29.4. The molecule has 6 heteroatoms. The van der Waals surface area contributed by atoms with Crippen molar-refractivity contribution in [2.75, 3.05) is 4.90 Å². The summed E-state index contributed by atoms with van der Waals surface area (Å²) in [6, 6.07) is 25.3. The van der Waals surface area contributed by atoms with Gasteiger partial charge >= 0.3 is 6.61 Å². The average Bonchev–Trinajstić information content (AvgIpc) is 3.11. The molecule has 0 saturated carbocycles. The Hall–Kier alpha value is -3.54. The molecule has 0 radical (unpaired) electrons. The minimum Gasteiger partial charge on any atom is -0.435 e. The maximum Gasteiger partial charge on any atom is 0.387 e. The van der Waals surface area contributed by atoms with Crippen LogP contribution in [0.25, 0.3) is 0 Å². The van der Waals surface area contributed by atoms with E-state index < -0.39 is 6.61 Å². The average molecular weight is 420 g/mol. The summed E-state index contributed by atoms with van der Waals surface area (Å²) in [5.41, 5.74) is 3.13. The zero-order valence-corrected chi connectivity index (χ0v) is 17.0. The van der Waals surface area contributed by atoms with Crippen LogP contribution in [0.2, 0.25) is 0 Å². The summed E-state index contributed by atoms with van der Waals surface area (Å²) in [6.07, 6.45) is 0.468. The third-order valence-electron chi connectivity index (χ3n) is 5.32. The van der Waals surface area contributed by atoms with Gasteiger partial charge in [0, 0.05) is 12.1 Å². The molecule has 158 valence electrons. The Balaban J connectivity index is 1.67. The number of anilines is 1. The first kappa shape index (κ1) is 20.7. The summed E-state index contributed by atoms with van der Waals surface area (Å²) in [5.74, 6) is -0.132.